The monoisotopic (exact) mass is 450 g/mol. The molecule has 0 atom stereocenters. The summed E-state index contributed by atoms with van der Waals surface area (Å²) in [6.45, 7) is 13.5. The molecular formula is C21H15FeO6P. The molecule has 6 nitrogen and oxygen atoms in total. The van der Waals surface area contributed by atoms with Gasteiger partial charge in [0.05, 0.1) is 0 Å². The molecule has 0 spiro atoms. The van der Waals surface area contributed by atoms with Crippen molar-refractivity contribution >= 4 is 8.60 Å². The average Bonchev–Trinajstić information content (AvgIpc) is 2.80. The van der Waals surface area contributed by atoms with Crippen LogP contribution < -0.4 is 13.6 Å². The van der Waals surface area contributed by atoms with Crippen LogP contribution in [0.5, 0.6) is 17.2 Å². The minimum atomic E-state index is -1.59. The van der Waals surface area contributed by atoms with Crippen molar-refractivity contribution in [1.82, 2.24) is 0 Å². The van der Waals surface area contributed by atoms with Gasteiger partial charge in [0.1, 0.15) is 17.2 Å². The Hall–Kier alpha value is -2.77. The predicted octanol–water partition coefficient (Wildman–Crippen LogP) is 5.34. The van der Waals surface area contributed by atoms with Crippen molar-refractivity contribution in [2.24, 2.45) is 0 Å². The van der Waals surface area contributed by atoms with Gasteiger partial charge >= 0.3 is 42.5 Å². The standard InChI is InChI=1S/C18H15O3P.3CO.Fe/c1-4-10-16(11-5-1)19-22(20-17-12-6-2-7-13-17)21-18-14-8-3-9-15-18;3*1-2;/h1-15H;;;;. The minimum absolute atomic E-state index is 0. The van der Waals surface area contributed by atoms with Gasteiger partial charge in [-0.15, -0.1) is 0 Å². The summed E-state index contributed by atoms with van der Waals surface area (Å²) in [5, 5.41) is 0. The van der Waals surface area contributed by atoms with Gasteiger partial charge in [-0.3, -0.25) is 0 Å². The fourth-order valence-corrected chi connectivity index (χ4v) is 2.75. The van der Waals surface area contributed by atoms with Gasteiger partial charge in [0.15, 0.2) is 0 Å². The van der Waals surface area contributed by atoms with Crippen LogP contribution in [-0.2, 0) is 31.0 Å². The van der Waals surface area contributed by atoms with Gasteiger partial charge in [-0.2, -0.15) is 0 Å². The summed E-state index contributed by atoms with van der Waals surface area (Å²) in [6.07, 6.45) is 0. The zero-order valence-corrected chi connectivity index (χ0v) is 16.9. The average molecular weight is 450 g/mol. The van der Waals surface area contributed by atoms with E-state index in [-0.39, 0.29) is 17.1 Å². The van der Waals surface area contributed by atoms with Gasteiger partial charge in [0.25, 0.3) is 0 Å². The van der Waals surface area contributed by atoms with E-state index in [1.54, 1.807) is 0 Å². The van der Waals surface area contributed by atoms with Gasteiger partial charge in [-0.05, 0) is 36.4 Å². The Labute approximate surface area is 181 Å². The Kier molecular flexibility index (Phi) is 19.6. The van der Waals surface area contributed by atoms with Crippen LogP contribution in [0.4, 0.5) is 0 Å². The topological polar surface area (TPSA) is 87.4 Å². The molecule has 148 valence electrons. The van der Waals surface area contributed by atoms with Crippen LogP contribution in [0, 0.1) is 20.0 Å². The Morgan fingerprint density at radius 2 is 0.655 bits per heavy atom. The smallest absolute Gasteiger partial charge is 0.409 e. The van der Waals surface area contributed by atoms with E-state index in [4.69, 9.17) is 27.5 Å². The predicted molar refractivity (Wildman–Crippen MR) is 99.9 cm³/mol. The molecule has 0 aliphatic rings. The summed E-state index contributed by atoms with van der Waals surface area (Å²) in [4.78, 5) is 0. The molecule has 3 aromatic rings. The summed E-state index contributed by atoms with van der Waals surface area (Å²) < 4.78 is 40.0. The van der Waals surface area contributed by atoms with E-state index in [1.807, 2.05) is 91.0 Å². The second-order valence-electron chi connectivity index (χ2n) is 4.44. The van der Waals surface area contributed by atoms with Crippen LogP contribution in [0.2, 0.25) is 0 Å². The maximum absolute atomic E-state index is 7.50. The van der Waals surface area contributed by atoms with E-state index < -0.39 is 8.60 Å². The van der Waals surface area contributed by atoms with Crippen LogP contribution in [0.25, 0.3) is 0 Å². The Morgan fingerprint density at radius 1 is 0.448 bits per heavy atom. The normalized spacial score (nSPS) is 7.97. The van der Waals surface area contributed by atoms with Crippen LogP contribution in [-0.4, -0.2) is 0 Å². The molecule has 29 heavy (non-hydrogen) atoms. The summed E-state index contributed by atoms with van der Waals surface area (Å²) >= 11 is 0. The van der Waals surface area contributed by atoms with E-state index in [0.717, 1.165) is 0 Å². The van der Waals surface area contributed by atoms with Crippen molar-refractivity contribution < 1.29 is 44.6 Å². The molecule has 8 heteroatoms. The maximum Gasteiger partial charge on any atom is 0.530 e. The summed E-state index contributed by atoms with van der Waals surface area (Å²) in [5.41, 5.74) is 0. The molecule has 0 heterocycles. The van der Waals surface area contributed by atoms with Gasteiger partial charge in [-0.1, -0.05) is 54.6 Å². The van der Waals surface area contributed by atoms with Crippen LogP contribution in [0.1, 0.15) is 0 Å². The molecule has 0 saturated carbocycles. The van der Waals surface area contributed by atoms with Gasteiger partial charge in [-0.25, -0.2) is 0 Å². The Bertz CT molecular complexity index is 697. The second-order valence-corrected chi connectivity index (χ2v) is 5.43. The first-order valence-corrected chi connectivity index (χ1v) is 8.60. The van der Waals surface area contributed by atoms with Crippen molar-refractivity contribution in [3.05, 3.63) is 111 Å². The molecule has 0 saturated heterocycles. The van der Waals surface area contributed by atoms with E-state index in [9.17, 15) is 0 Å². The van der Waals surface area contributed by atoms with E-state index in [1.165, 1.54) is 0 Å². The molecule has 0 N–H and O–H groups in total. The van der Waals surface area contributed by atoms with Crippen molar-refractivity contribution in [1.29, 1.82) is 0 Å². The Balaban J connectivity index is 0. The molecular weight excluding hydrogens is 435 g/mol. The molecule has 0 amide bonds. The number of para-hydroxylation sites is 3. The first kappa shape index (κ1) is 28.4. The van der Waals surface area contributed by atoms with Gasteiger partial charge in [0.2, 0.25) is 0 Å². The van der Waals surface area contributed by atoms with Crippen LogP contribution in [0.15, 0.2) is 91.0 Å². The molecule has 3 rings (SSSR count). The molecule has 0 aromatic heterocycles. The second kappa shape index (κ2) is 20.0. The van der Waals surface area contributed by atoms with Crippen molar-refractivity contribution in [2.45, 2.75) is 0 Å². The van der Waals surface area contributed by atoms with Crippen LogP contribution in [0.3, 0.4) is 0 Å². The van der Waals surface area contributed by atoms with Crippen molar-refractivity contribution in [3.63, 3.8) is 0 Å². The molecule has 0 aliphatic carbocycles. The largest absolute Gasteiger partial charge is 0.530 e. The number of hydrogen-bond acceptors (Lipinski definition) is 3. The third-order valence-corrected chi connectivity index (χ3v) is 3.85. The van der Waals surface area contributed by atoms with Crippen molar-refractivity contribution in [3.8, 4) is 17.2 Å². The molecule has 0 aliphatic heterocycles. The first-order chi connectivity index (χ1) is 13.9. The molecule has 0 bridgehead atoms. The molecule has 0 fully saturated rings. The molecule has 0 unspecified atom stereocenters. The van der Waals surface area contributed by atoms with Crippen LogP contribution >= 0.6 is 8.60 Å². The van der Waals surface area contributed by atoms with E-state index in [2.05, 4.69) is 20.0 Å². The van der Waals surface area contributed by atoms with Gasteiger partial charge in [0, 0.05) is 17.1 Å². The zero-order valence-electron chi connectivity index (χ0n) is 14.9. The van der Waals surface area contributed by atoms with Gasteiger partial charge < -0.3 is 13.6 Å². The summed E-state index contributed by atoms with van der Waals surface area (Å²) in [6, 6.07) is 28.5. The zero-order chi connectivity index (χ0) is 21.0. The summed E-state index contributed by atoms with van der Waals surface area (Å²) in [5.74, 6) is 2.13. The number of benzene rings is 3. The quantitative estimate of drug-likeness (QED) is 0.220. The summed E-state index contributed by atoms with van der Waals surface area (Å²) in [7, 11) is -1.59. The number of hydrogen-bond donors (Lipinski definition) is 0. The molecule has 3 aromatic carbocycles. The Morgan fingerprint density at radius 3 is 0.862 bits per heavy atom. The van der Waals surface area contributed by atoms with E-state index in [0.29, 0.717) is 17.2 Å². The SMILES string of the molecule is [C-]#[O+].[C-]#[O+].[C-]#[O+].[Fe].c1ccc(OP(Oc2ccccc2)Oc2ccccc2)cc1. The van der Waals surface area contributed by atoms with Crippen molar-refractivity contribution in [2.75, 3.05) is 0 Å². The molecule has 0 radical (unpaired) electrons. The maximum atomic E-state index is 7.50. The first-order valence-electron chi connectivity index (χ1n) is 7.50. The fourth-order valence-electron chi connectivity index (χ4n) is 1.76. The van der Waals surface area contributed by atoms with E-state index >= 15 is 0 Å². The third-order valence-electron chi connectivity index (χ3n) is 2.77. The number of rotatable bonds is 6. The fraction of sp³-hybridized carbons (Fsp3) is 0. The third kappa shape index (κ3) is 12.3. The minimum Gasteiger partial charge on any atom is -0.409 e.